The van der Waals surface area contributed by atoms with Crippen LogP contribution in [0.3, 0.4) is 0 Å². The number of hydrogen-bond donors (Lipinski definition) is 1. The largest absolute Gasteiger partial charge is 0.345 e. The Morgan fingerprint density at radius 3 is 2.82 bits per heavy atom. The van der Waals surface area contributed by atoms with Crippen molar-refractivity contribution in [2.24, 2.45) is 17.6 Å². The molecule has 1 aliphatic rings. The molecule has 2 atom stereocenters. The van der Waals surface area contributed by atoms with Crippen molar-refractivity contribution in [1.29, 1.82) is 0 Å². The van der Waals surface area contributed by atoms with Crippen molar-refractivity contribution in [1.82, 2.24) is 4.90 Å². The molecule has 0 unspecified atom stereocenters. The average molecular weight is 156 g/mol. The average Bonchev–Trinajstić information content (AvgIpc) is 1.99. The highest BCUT2D eigenvalue weighted by Crippen LogP contribution is 2.21. The molecule has 11 heavy (non-hydrogen) atoms. The number of carbonyl (C=O) groups is 1. The van der Waals surface area contributed by atoms with Crippen LogP contribution in [-0.4, -0.2) is 30.9 Å². The fourth-order valence-corrected chi connectivity index (χ4v) is 1.57. The first-order chi connectivity index (χ1) is 5.16. The molecule has 0 bridgehead atoms. The van der Waals surface area contributed by atoms with Gasteiger partial charge in [-0.05, 0) is 12.3 Å². The second kappa shape index (κ2) is 3.22. The van der Waals surface area contributed by atoms with Crippen LogP contribution in [0.25, 0.3) is 0 Å². The van der Waals surface area contributed by atoms with E-state index in [2.05, 4.69) is 6.92 Å². The molecule has 1 rings (SSSR count). The van der Waals surface area contributed by atoms with E-state index >= 15 is 0 Å². The number of carbonyl (C=O) groups excluding carboxylic acids is 1. The molecule has 2 N–H and O–H groups in total. The SMILES string of the molecule is C[C@H]1CCN(C)C(=O)[C@H]1CN. The monoisotopic (exact) mass is 156 g/mol. The Labute approximate surface area is 67.5 Å². The second-order valence-corrected chi connectivity index (χ2v) is 3.37. The maximum absolute atomic E-state index is 11.4. The fraction of sp³-hybridized carbons (Fsp3) is 0.875. The zero-order chi connectivity index (χ0) is 8.43. The van der Waals surface area contributed by atoms with Gasteiger partial charge in [-0.2, -0.15) is 0 Å². The normalized spacial score (nSPS) is 32.6. The van der Waals surface area contributed by atoms with Crippen molar-refractivity contribution in [2.75, 3.05) is 20.1 Å². The smallest absolute Gasteiger partial charge is 0.226 e. The molecule has 0 spiro atoms. The summed E-state index contributed by atoms with van der Waals surface area (Å²) in [5.41, 5.74) is 5.50. The summed E-state index contributed by atoms with van der Waals surface area (Å²) in [7, 11) is 1.84. The van der Waals surface area contributed by atoms with Crippen LogP contribution >= 0.6 is 0 Å². The van der Waals surface area contributed by atoms with Gasteiger partial charge in [0.25, 0.3) is 0 Å². The quantitative estimate of drug-likeness (QED) is 0.583. The Morgan fingerprint density at radius 1 is 1.73 bits per heavy atom. The van der Waals surface area contributed by atoms with E-state index in [1.165, 1.54) is 0 Å². The molecule has 1 aliphatic heterocycles. The van der Waals surface area contributed by atoms with Gasteiger partial charge in [-0.25, -0.2) is 0 Å². The first-order valence-corrected chi connectivity index (χ1v) is 4.12. The summed E-state index contributed by atoms with van der Waals surface area (Å²) in [6.07, 6.45) is 1.09. The van der Waals surface area contributed by atoms with Crippen LogP contribution in [0.4, 0.5) is 0 Å². The molecule has 0 saturated carbocycles. The molecular formula is C8H16N2O. The summed E-state index contributed by atoms with van der Waals surface area (Å²) in [5, 5.41) is 0. The maximum atomic E-state index is 11.4. The highest BCUT2D eigenvalue weighted by atomic mass is 16.2. The highest BCUT2D eigenvalue weighted by molar-refractivity contribution is 5.79. The van der Waals surface area contributed by atoms with Crippen molar-refractivity contribution in [3.8, 4) is 0 Å². The summed E-state index contributed by atoms with van der Waals surface area (Å²) >= 11 is 0. The van der Waals surface area contributed by atoms with Crippen LogP contribution in [0.15, 0.2) is 0 Å². The predicted molar refractivity (Wildman–Crippen MR) is 44.0 cm³/mol. The number of piperidine rings is 1. The van der Waals surface area contributed by atoms with Crippen molar-refractivity contribution < 1.29 is 4.79 Å². The van der Waals surface area contributed by atoms with Crippen LogP contribution in [0.1, 0.15) is 13.3 Å². The van der Waals surface area contributed by atoms with E-state index in [4.69, 9.17) is 5.73 Å². The van der Waals surface area contributed by atoms with E-state index < -0.39 is 0 Å². The molecule has 64 valence electrons. The van der Waals surface area contributed by atoms with E-state index in [-0.39, 0.29) is 11.8 Å². The van der Waals surface area contributed by atoms with Gasteiger partial charge in [-0.15, -0.1) is 0 Å². The van der Waals surface area contributed by atoms with Crippen molar-refractivity contribution in [3.63, 3.8) is 0 Å². The molecule has 1 saturated heterocycles. The highest BCUT2D eigenvalue weighted by Gasteiger charge is 2.30. The van der Waals surface area contributed by atoms with Gasteiger partial charge in [0.1, 0.15) is 0 Å². The summed E-state index contributed by atoms with van der Waals surface area (Å²) in [4.78, 5) is 13.2. The number of rotatable bonds is 1. The van der Waals surface area contributed by atoms with E-state index in [9.17, 15) is 4.79 Å². The lowest BCUT2D eigenvalue weighted by molar-refractivity contribution is -0.138. The molecule has 3 nitrogen and oxygen atoms in total. The van der Waals surface area contributed by atoms with Crippen LogP contribution in [-0.2, 0) is 4.79 Å². The predicted octanol–water partition coefficient (Wildman–Crippen LogP) is 0.0595. The minimum atomic E-state index is 0.0637. The third kappa shape index (κ3) is 1.53. The lowest BCUT2D eigenvalue weighted by Crippen LogP contribution is -2.45. The maximum Gasteiger partial charge on any atom is 0.226 e. The Kier molecular flexibility index (Phi) is 2.49. The molecular weight excluding hydrogens is 140 g/mol. The molecule has 0 aromatic rings. The fourth-order valence-electron chi connectivity index (χ4n) is 1.57. The van der Waals surface area contributed by atoms with Gasteiger partial charge in [0, 0.05) is 20.1 Å². The van der Waals surface area contributed by atoms with Crippen LogP contribution in [0, 0.1) is 11.8 Å². The zero-order valence-electron chi connectivity index (χ0n) is 7.21. The Morgan fingerprint density at radius 2 is 2.36 bits per heavy atom. The van der Waals surface area contributed by atoms with Crippen molar-refractivity contribution in [2.45, 2.75) is 13.3 Å². The Bertz CT molecular complexity index is 158. The third-order valence-corrected chi connectivity index (χ3v) is 2.55. The first-order valence-electron chi connectivity index (χ1n) is 4.12. The second-order valence-electron chi connectivity index (χ2n) is 3.37. The van der Waals surface area contributed by atoms with Gasteiger partial charge >= 0.3 is 0 Å². The van der Waals surface area contributed by atoms with Gasteiger partial charge in [0.15, 0.2) is 0 Å². The molecule has 0 aromatic heterocycles. The molecule has 0 radical (unpaired) electrons. The summed E-state index contributed by atoms with van der Waals surface area (Å²) in [5.74, 6) is 0.740. The van der Waals surface area contributed by atoms with Gasteiger partial charge in [0.2, 0.25) is 5.91 Å². The van der Waals surface area contributed by atoms with E-state index in [1.807, 2.05) is 7.05 Å². The molecule has 1 heterocycles. The Balaban J connectivity index is 2.63. The molecule has 1 fully saturated rings. The zero-order valence-corrected chi connectivity index (χ0v) is 7.21. The van der Waals surface area contributed by atoms with Crippen LogP contribution < -0.4 is 5.73 Å². The number of likely N-dealkylation sites (tertiary alicyclic amines) is 1. The molecule has 1 amide bonds. The van der Waals surface area contributed by atoms with E-state index in [0.717, 1.165) is 13.0 Å². The molecule has 3 heteroatoms. The van der Waals surface area contributed by atoms with Crippen LogP contribution in [0.5, 0.6) is 0 Å². The third-order valence-electron chi connectivity index (χ3n) is 2.55. The molecule has 0 aromatic carbocycles. The topological polar surface area (TPSA) is 46.3 Å². The van der Waals surface area contributed by atoms with Gasteiger partial charge in [-0.3, -0.25) is 4.79 Å². The lowest BCUT2D eigenvalue weighted by atomic mass is 9.87. The number of amides is 1. The van der Waals surface area contributed by atoms with Crippen molar-refractivity contribution in [3.05, 3.63) is 0 Å². The van der Waals surface area contributed by atoms with Crippen LogP contribution in [0.2, 0.25) is 0 Å². The molecule has 0 aliphatic carbocycles. The lowest BCUT2D eigenvalue weighted by Gasteiger charge is -2.33. The summed E-state index contributed by atoms with van der Waals surface area (Å²) in [6.45, 7) is 3.48. The van der Waals surface area contributed by atoms with E-state index in [1.54, 1.807) is 4.90 Å². The number of nitrogens with two attached hydrogens (primary N) is 1. The summed E-state index contributed by atoms with van der Waals surface area (Å²) < 4.78 is 0. The van der Waals surface area contributed by atoms with Gasteiger partial charge in [-0.1, -0.05) is 6.92 Å². The first kappa shape index (κ1) is 8.53. The minimum absolute atomic E-state index is 0.0637. The van der Waals surface area contributed by atoms with Gasteiger partial charge < -0.3 is 10.6 Å². The summed E-state index contributed by atoms with van der Waals surface area (Å²) in [6, 6.07) is 0. The van der Waals surface area contributed by atoms with E-state index in [0.29, 0.717) is 12.5 Å². The van der Waals surface area contributed by atoms with Gasteiger partial charge in [0.05, 0.1) is 5.92 Å². The number of nitrogens with zero attached hydrogens (tertiary/aromatic N) is 1. The van der Waals surface area contributed by atoms with Crippen molar-refractivity contribution >= 4 is 5.91 Å². The standard InChI is InChI=1S/C8H16N2O/c1-6-3-4-10(2)8(11)7(6)5-9/h6-7H,3-5,9H2,1-2H3/t6-,7-/m0/s1. The minimum Gasteiger partial charge on any atom is -0.345 e. The Hall–Kier alpha value is -0.570. The number of hydrogen-bond acceptors (Lipinski definition) is 2.